The SMILES string of the molecule is CCn1ccc(CNCc2ccc(O)cc2O)n1. The van der Waals surface area contributed by atoms with Crippen molar-refractivity contribution in [2.45, 2.75) is 26.6 Å². The second-order valence-electron chi connectivity index (χ2n) is 4.08. The molecule has 0 fully saturated rings. The minimum absolute atomic E-state index is 0.0675. The van der Waals surface area contributed by atoms with E-state index >= 15 is 0 Å². The number of phenols is 2. The number of benzene rings is 1. The third-order valence-corrected chi connectivity index (χ3v) is 2.71. The fraction of sp³-hybridized carbons (Fsp3) is 0.308. The smallest absolute Gasteiger partial charge is 0.123 e. The molecule has 1 aromatic heterocycles. The Hall–Kier alpha value is -2.01. The van der Waals surface area contributed by atoms with Crippen LogP contribution >= 0.6 is 0 Å². The molecule has 2 rings (SSSR count). The maximum Gasteiger partial charge on any atom is 0.123 e. The van der Waals surface area contributed by atoms with E-state index in [1.54, 1.807) is 12.1 Å². The summed E-state index contributed by atoms with van der Waals surface area (Å²) < 4.78 is 1.87. The van der Waals surface area contributed by atoms with Crippen LogP contribution in [-0.2, 0) is 19.6 Å². The van der Waals surface area contributed by atoms with Crippen LogP contribution in [0.1, 0.15) is 18.2 Å². The Labute approximate surface area is 106 Å². The van der Waals surface area contributed by atoms with E-state index in [9.17, 15) is 10.2 Å². The van der Waals surface area contributed by atoms with Crippen LogP contribution in [0.4, 0.5) is 0 Å². The van der Waals surface area contributed by atoms with Gasteiger partial charge in [0.15, 0.2) is 0 Å². The van der Waals surface area contributed by atoms with Gasteiger partial charge in [-0.15, -0.1) is 0 Å². The summed E-state index contributed by atoms with van der Waals surface area (Å²) in [4.78, 5) is 0. The normalized spacial score (nSPS) is 10.7. The second-order valence-corrected chi connectivity index (χ2v) is 4.08. The number of nitrogens with one attached hydrogen (secondary N) is 1. The highest BCUT2D eigenvalue weighted by atomic mass is 16.3. The molecule has 1 heterocycles. The van der Waals surface area contributed by atoms with E-state index in [-0.39, 0.29) is 11.5 Å². The summed E-state index contributed by atoms with van der Waals surface area (Å²) in [5, 5.41) is 26.3. The van der Waals surface area contributed by atoms with Gasteiger partial charge in [0.05, 0.1) is 5.69 Å². The minimum Gasteiger partial charge on any atom is -0.508 e. The van der Waals surface area contributed by atoms with Crippen molar-refractivity contribution in [2.75, 3.05) is 0 Å². The summed E-state index contributed by atoms with van der Waals surface area (Å²) in [6.45, 7) is 4.08. The van der Waals surface area contributed by atoms with Crippen LogP contribution in [0.3, 0.4) is 0 Å². The van der Waals surface area contributed by atoms with Gasteiger partial charge >= 0.3 is 0 Å². The molecule has 3 N–H and O–H groups in total. The Kier molecular flexibility index (Phi) is 3.84. The standard InChI is InChI=1S/C13H17N3O2/c1-2-16-6-5-11(15-16)9-14-8-10-3-4-12(17)7-13(10)18/h3-7,14,17-18H,2,8-9H2,1H3. The van der Waals surface area contributed by atoms with Gasteiger partial charge in [0, 0.05) is 37.5 Å². The van der Waals surface area contributed by atoms with Gasteiger partial charge < -0.3 is 15.5 Å². The first-order valence-electron chi connectivity index (χ1n) is 5.93. The van der Waals surface area contributed by atoms with Crippen LogP contribution in [0.5, 0.6) is 11.5 Å². The summed E-state index contributed by atoms with van der Waals surface area (Å²) in [5.74, 6) is 0.166. The monoisotopic (exact) mass is 247 g/mol. The number of hydrogen-bond acceptors (Lipinski definition) is 4. The Morgan fingerprint density at radius 1 is 1.22 bits per heavy atom. The third-order valence-electron chi connectivity index (χ3n) is 2.71. The molecular weight excluding hydrogens is 230 g/mol. The van der Waals surface area contributed by atoms with Crippen molar-refractivity contribution >= 4 is 0 Å². The zero-order valence-corrected chi connectivity index (χ0v) is 10.3. The van der Waals surface area contributed by atoms with E-state index in [2.05, 4.69) is 10.4 Å². The molecule has 0 saturated heterocycles. The van der Waals surface area contributed by atoms with Crippen LogP contribution in [0.25, 0.3) is 0 Å². The molecule has 0 saturated carbocycles. The van der Waals surface area contributed by atoms with Crippen molar-refractivity contribution in [3.63, 3.8) is 0 Å². The van der Waals surface area contributed by atoms with E-state index in [0.29, 0.717) is 13.1 Å². The van der Waals surface area contributed by atoms with Crippen LogP contribution in [0, 0.1) is 0 Å². The number of aromatic nitrogens is 2. The van der Waals surface area contributed by atoms with Crippen molar-refractivity contribution < 1.29 is 10.2 Å². The Morgan fingerprint density at radius 2 is 2.06 bits per heavy atom. The number of hydrogen-bond donors (Lipinski definition) is 3. The quantitative estimate of drug-likeness (QED) is 0.750. The molecule has 0 spiro atoms. The molecule has 0 bridgehead atoms. The molecule has 1 aromatic carbocycles. The highest BCUT2D eigenvalue weighted by Gasteiger charge is 2.03. The predicted molar refractivity (Wildman–Crippen MR) is 68.2 cm³/mol. The molecule has 0 aliphatic carbocycles. The highest BCUT2D eigenvalue weighted by molar-refractivity contribution is 5.38. The van der Waals surface area contributed by atoms with E-state index in [0.717, 1.165) is 17.8 Å². The lowest BCUT2D eigenvalue weighted by atomic mass is 10.2. The average Bonchev–Trinajstić information content (AvgIpc) is 2.80. The fourth-order valence-corrected chi connectivity index (χ4v) is 1.70. The van der Waals surface area contributed by atoms with Crippen molar-refractivity contribution in [1.82, 2.24) is 15.1 Å². The van der Waals surface area contributed by atoms with Crippen LogP contribution < -0.4 is 5.32 Å². The lowest BCUT2D eigenvalue weighted by Gasteiger charge is -2.06. The van der Waals surface area contributed by atoms with Crippen molar-refractivity contribution in [2.24, 2.45) is 0 Å². The predicted octanol–water partition coefficient (Wildman–Crippen LogP) is 1.60. The first-order valence-corrected chi connectivity index (χ1v) is 5.93. The lowest BCUT2D eigenvalue weighted by molar-refractivity contribution is 0.443. The average molecular weight is 247 g/mol. The molecule has 5 nitrogen and oxygen atoms in total. The number of aryl methyl sites for hydroxylation is 1. The van der Waals surface area contributed by atoms with Crippen molar-refractivity contribution in [3.05, 3.63) is 41.7 Å². The third kappa shape index (κ3) is 3.01. The lowest BCUT2D eigenvalue weighted by Crippen LogP contribution is -2.13. The summed E-state index contributed by atoms with van der Waals surface area (Å²) in [6.07, 6.45) is 1.94. The van der Waals surface area contributed by atoms with Gasteiger partial charge in [-0.3, -0.25) is 4.68 Å². The highest BCUT2D eigenvalue weighted by Crippen LogP contribution is 2.22. The molecule has 0 amide bonds. The number of rotatable bonds is 5. The zero-order chi connectivity index (χ0) is 13.0. The summed E-state index contributed by atoms with van der Waals surface area (Å²) in [7, 11) is 0. The van der Waals surface area contributed by atoms with Gasteiger partial charge in [0.2, 0.25) is 0 Å². The molecule has 0 radical (unpaired) electrons. The second kappa shape index (κ2) is 5.55. The molecule has 18 heavy (non-hydrogen) atoms. The minimum atomic E-state index is 0.0675. The molecular formula is C13H17N3O2. The molecule has 5 heteroatoms. The Balaban J connectivity index is 1.88. The zero-order valence-electron chi connectivity index (χ0n) is 10.3. The van der Waals surface area contributed by atoms with Gasteiger partial charge in [0.1, 0.15) is 11.5 Å². The van der Waals surface area contributed by atoms with Gasteiger partial charge in [0.25, 0.3) is 0 Å². The summed E-state index contributed by atoms with van der Waals surface area (Å²) >= 11 is 0. The maximum absolute atomic E-state index is 9.61. The van der Waals surface area contributed by atoms with E-state index < -0.39 is 0 Å². The molecule has 2 aromatic rings. The molecule has 0 aliphatic rings. The maximum atomic E-state index is 9.61. The topological polar surface area (TPSA) is 70.3 Å². The van der Waals surface area contributed by atoms with Crippen LogP contribution in [-0.4, -0.2) is 20.0 Å². The number of phenolic OH excluding ortho intramolecular Hbond substituents is 2. The number of nitrogens with zero attached hydrogens (tertiary/aromatic N) is 2. The summed E-state index contributed by atoms with van der Waals surface area (Å²) in [5.41, 5.74) is 1.72. The van der Waals surface area contributed by atoms with Gasteiger partial charge in [-0.2, -0.15) is 5.10 Å². The Bertz CT molecular complexity index is 523. The summed E-state index contributed by atoms with van der Waals surface area (Å²) in [6, 6.07) is 6.56. The van der Waals surface area contributed by atoms with Gasteiger partial charge in [-0.1, -0.05) is 6.07 Å². The van der Waals surface area contributed by atoms with Crippen molar-refractivity contribution in [1.29, 1.82) is 0 Å². The van der Waals surface area contributed by atoms with Crippen LogP contribution in [0.15, 0.2) is 30.5 Å². The van der Waals surface area contributed by atoms with Gasteiger partial charge in [-0.25, -0.2) is 0 Å². The van der Waals surface area contributed by atoms with Gasteiger partial charge in [-0.05, 0) is 19.1 Å². The molecule has 96 valence electrons. The van der Waals surface area contributed by atoms with Crippen LogP contribution in [0.2, 0.25) is 0 Å². The van der Waals surface area contributed by atoms with E-state index in [4.69, 9.17) is 0 Å². The molecule has 0 aliphatic heterocycles. The first kappa shape index (κ1) is 12.4. The van der Waals surface area contributed by atoms with E-state index in [1.165, 1.54) is 6.07 Å². The van der Waals surface area contributed by atoms with Crippen molar-refractivity contribution in [3.8, 4) is 11.5 Å². The van der Waals surface area contributed by atoms with E-state index in [1.807, 2.05) is 23.9 Å². The Morgan fingerprint density at radius 3 is 2.72 bits per heavy atom. The first-order chi connectivity index (χ1) is 8.69. The largest absolute Gasteiger partial charge is 0.508 e. The fourth-order valence-electron chi connectivity index (χ4n) is 1.70. The number of aromatic hydroxyl groups is 2. The molecule has 0 unspecified atom stereocenters. The molecule has 0 atom stereocenters.